The number of ether oxygens (including phenoxy) is 1. The van der Waals surface area contributed by atoms with Crippen LogP contribution in [0.5, 0.6) is 0 Å². The van der Waals surface area contributed by atoms with Crippen molar-refractivity contribution in [1.29, 1.82) is 0 Å². The molecule has 1 amide bonds. The Labute approximate surface area is 209 Å². The molecule has 1 aliphatic rings. The minimum Gasteiger partial charge on any atom is -0.458 e. The minimum absolute atomic E-state index is 0.00938. The predicted octanol–water partition coefficient (Wildman–Crippen LogP) is 4.19. The summed E-state index contributed by atoms with van der Waals surface area (Å²) >= 11 is 0. The number of nitrogens with one attached hydrogen (secondary N) is 1. The first kappa shape index (κ1) is 27.0. The van der Waals surface area contributed by atoms with Gasteiger partial charge in [-0.25, -0.2) is 4.79 Å². The molecule has 0 saturated carbocycles. The zero-order valence-electron chi connectivity index (χ0n) is 22.2. The molecular formula is C28H38BNO5. The Kier molecular flexibility index (Phi) is 7.82. The van der Waals surface area contributed by atoms with Crippen LogP contribution in [0.2, 0.25) is 0 Å². The minimum atomic E-state index is -0.826. The molecule has 35 heavy (non-hydrogen) atoms. The molecule has 0 spiro atoms. The van der Waals surface area contributed by atoms with Crippen molar-refractivity contribution in [2.75, 3.05) is 6.61 Å². The standard InChI is InChI=1S/C28H38BNO5/c1-26(2,3)21-13-11-20(12-14-21)24(31)30-23(25(32)34-27(4,5)6)17-19-9-15-22(16-10-19)29-33-18-28(7,8)35-29/h9-16,23H,17-18H2,1-8H3,(H,30,31)/t23-/m0/s1. The van der Waals surface area contributed by atoms with E-state index in [1.165, 1.54) is 0 Å². The molecule has 1 heterocycles. The van der Waals surface area contributed by atoms with Crippen LogP contribution in [0.3, 0.4) is 0 Å². The van der Waals surface area contributed by atoms with Gasteiger partial charge in [-0.05, 0) is 68.8 Å². The van der Waals surface area contributed by atoms with E-state index in [2.05, 4.69) is 26.1 Å². The largest absolute Gasteiger partial charge is 0.494 e. The van der Waals surface area contributed by atoms with Gasteiger partial charge in [-0.1, -0.05) is 57.2 Å². The van der Waals surface area contributed by atoms with Gasteiger partial charge < -0.3 is 19.4 Å². The van der Waals surface area contributed by atoms with Crippen LogP contribution in [-0.4, -0.2) is 42.8 Å². The van der Waals surface area contributed by atoms with Gasteiger partial charge >= 0.3 is 13.1 Å². The van der Waals surface area contributed by atoms with E-state index in [0.29, 0.717) is 18.6 Å². The maximum atomic E-state index is 13.0. The Morgan fingerprint density at radius 2 is 1.60 bits per heavy atom. The number of rotatable bonds is 6. The summed E-state index contributed by atoms with van der Waals surface area (Å²) in [5, 5.41) is 2.88. The molecule has 0 unspecified atom stereocenters. The topological polar surface area (TPSA) is 73.9 Å². The van der Waals surface area contributed by atoms with Crippen molar-refractivity contribution in [2.24, 2.45) is 0 Å². The Balaban J connectivity index is 1.74. The molecule has 2 aromatic rings. The van der Waals surface area contributed by atoms with Crippen molar-refractivity contribution in [3.8, 4) is 0 Å². The molecule has 1 saturated heterocycles. The second kappa shape index (κ2) is 10.2. The highest BCUT2D eigenvalue weighted by atomic mass is 16.7. The number of amides is 1. The van der Waals surface area contributed by atoms with E-state index in [1.54, 1.807) is 12.1 Å². The fourth-order valence-corrected chi connectivity index (χ4v) is 3.77. The average molecular weight is 479 g/mol. The maximum absolute atomic E-state index is 13.0. The van der Waals surface area contributed by atoms with Crippen LogP contribution in [0.1, 0.15) is 76.9 Å². The average Bonchev–Trinajstić information content (AvgIpc) is 3.11. The number of hydrogen-bond donors (Lipinski definition) is 1. The summed E-state index contributed by atoms with van der Waals surface area (Å²) in [5.41, 5.74) is 2.45. The van der Waals surface area contributed by atoms with E-state index in [1.807, 2.05) is 71.0 Å². The Hall–Kier alpha value is -2.64. The molecule has 1 aliphatic heterocycles. The van der Waals surface area contributed by atoms with Crippen LogP contribution < -0.4 is 10.8 Å². The third kappa shape index (κ3) is 7.67. The smallest absolute Gasteiger partial charge is 0.458 e. The summed E-state index contributed by atoms with van der Waals surface area (Å²) < 4.78 is 17.3. The molecule has 2 aromatic carbocycles. The second-order valence-corrected chi connectivity index (χ2v) is 11.9. The van der Waals surface area contributed by atoms with Crippen LogP contribution in [0.25, 0.3) is 0 Å². The Morgan fingerprint density at radius 1 is 1.00 bits per heavy atom. The van der Waals surface area contributed by atoms with Crippen molar-refractivity contribution >= 4 is 24.5 Å². The molecule has 0 bridgehead atoms. The van der Waals surface area contributed by atoms with E-state index < -0.39 is 24.7 Å². The Morgan fingerprint density at radius 3 is 2.09 bits per heavy atom. The van der Waals surface area contributed by atoms with Gasteiger partial charge in [0.2, 0.25) is 0 Å². The van der Waals surface area contributed by atoms with Crippen molar-refractivity contribution in [2.45, 2.75) is 84.5 Å². The predicted molar refractivity (Wildman–Crippen MR) is 139 cm³/mol. The summed E-state index contributed by atoms with van der Waals surface area (Å²) in [7, 11) is -0.406. The summed E-state index contributed by atoms with van der Waals surface area (Å²) in [5.74, 6) is -0.779. The van der Waals surface area contributed by atoms with E-state index in [0.717, 1.165) is 16.6 Å². The van der Waals surface area contributed by atoms with E-state index in [4.69, 9.17) is 14.0 Å². The van der Waals surface area contributed by atoms with E-state index in [9.17, 15) is 9.59 Å². The number of esters is 1. The van der Waals surface area contributed by atoms with Crippen LogP contribution >= 0.6 is 0 Å². The van der Waals surface area contributed by atoms with Gasteiger partial charge in [0.25, 0.3) is 5.91 Å². The molecule has 1 fully saturated rings. The van der Waals surface area contributed by atoms with Gasteiger partial charge in [-0.3, -0.25) is 4.79 Å². The van der Waals surface area contributed by atoms with Crippen molar-refractivity contribution in [3.63, 3.8) is 0 Å². The molecule has 1 atom stereocenters. The lowest BCUT2D eigenvalue weighted by atomic mass is 9.78. The van der Waals surface area contributed by atoms with Gasteiger partial charge in [0, 0.05) is 12.0 Å². The van der Waals surface area contributed by atoms with Gasteiger partial charge in [0.05, 0.1) is 12.2 Å². The summed E-state index contributed by atoms with van der Waals surface area (Å²) in [6, 6.07) is 14.4. The monoisotopic (exact) mass is 479 g/mol. The highest BCUT2D eigenvalue weighted by Gasteiger charge is 2.38. The number of hydrogen-bond acceptors (Lipinski definition) is 5. The molecular weight excluding hydrogens is 441 g/mol. The van der Waals surface area contributed by atoms with Crippen LogP contribution in [0.15, 0.2) is 48.5 Å². The number of carbonyl (C=O) groups excluding carboxylic acids is 2. The molecule has 6 nitrogen and oxygen atoms in total. The summed E-state index contributed by atoms with van der Waals surface area (Å²) in [6.45, 7) is 16.3. The summed E-state index contributed by atoms with van der Waals surface area (Å²) in [4.78, 5) is 26.0. The highest BCUT2D eigenvalue weighted by molar-refractivity contribution is 6.61. The highest BCUT2D eigenvalue weighted by Crippen LogP contribution is 2.23. The molecule has 7 heteroatoms. The second-order valence-electron chi connectivity index (χ2n) is 11.9. The normalized spacial score (nSPS) is 16.6. The molecule has 1 N–H and O–H groups in total. The zero-order chi connectivity index (χ0) is 26.0. The maximum Gasteiger partial charge on any atom is 0.494 e. The van der Waals surface area contributed by atoms with Crippen molar-refractivity contribution in [3.05, 3.63) is 65.2 Å². The van der Waals surface area contributed by atoms with Crippen LogP contribution in [0.4, 0.5) is 0 Å². The molecule has 3 rings (SSSR count). The van der Waals surface area contributed by atoms with Crippen molar-refractivity contribution in [1.82, 2.24) is 5.32 Å². The lowest BCUT2D eigenvalue weighted by Gasteiger charge is -2.25. The number of benzene rings is 2. The van der Waals surface area contributed by atoms with Gasteiger partial charge in [0.15, 0.2) is 0 Å². The third-order valence-electron chi connectivity index (χ3n) is 5.71. The first-order valence-electron chi connectivity index (χ1n) is 12.2. The fraction of sp³-hybridized carbons (Fsp3) is 0.500. The van der Waals surface area contributed by atoms with Gasteiger partial charge in [-0.2, -0.15) is 0 Å². The van der Waals surface area contributed by atoms with E-state index in [-0.39, 0.29) is 16.9 Å². The molecule has 0 radical (unpaired) electrons. The first-order chi connectivity index (χ1) is 16.1. The molecule has 188 valence electrons. The van der Waals surface area contributed by atoms with Gasteiger partial charge in [-0.15, -0.1) is 0 Å². The Bertz CT molecular complexity index is 1030. The van der Waals surface area contributed by atoms with Crippen LogP contribution in [-0.2, 0) is 30.7 Å². The van der Waals surface area contributed by atoms with Gasteiger partial charge in [0.1, 0.15) is 11.6 Å². The van der Waals surface area contributed by atoms with E-state index >= 15 is 0 Å². The third-order valence-corrected chi connectivity index (χ3v) is 5.71. The quantitative estimate of drug-likeness (QED) is 0.497. The molecule has 0 aromatic heterocycles. The summed E-state index contributed by atoms with van der Waals surface area (Å²) in [6.07, 6.45) is 0.304. The van der Waals surface area contributed by atoms with Crippen molar-refractivity contribution < 1.29 is 23.6 Å². The lowest BCUT2D eigenvalue weighted by Crippen LogP contribution is -2.45. The fourth-order valence-electron chi connectivity index (χ4n) is 3.77. The van der Waals surface area contributed by atoms with Crippen LogP contribution in [0, 0.1) is 0 Å². The SMILES string of the molecule is CC(C)(C)OC(=O)[C@H](Cc1ccc(B2OCC(C)(C)O2)cc1)NC(=O)c1ccc(C(C)(C)C)cc1. The lowest BCUT2D eigenvalue weighted by molar-refractivity contribution is -0.157. The molecule has 0 aliphatic carbocycles. The first-order valence-corrected chi connectivity index (χ1v) is 12.2. The number of carbonyl (C=O) groups is 2. The zero-order valence-corrected chi connectivity index (χ0v) is 22.2.